The monoisotopic (exact) mass is 430 g/mol. The minimum atomic E-state index is -0.391. The molecule has 0 fully saturated rings. The number of amides is 2. The zero-order chi connectivity index (χ0) is 22.5. The van der Waals surface area contributed by atoms with E-state index in [-0.39, 0.29) is 12.2 Å². The van der Waals surface area contributed by atoms with Gasteiger partial charge in [-0.1, -0.05) is 18.2 Å². The Kier molecular flexibility index (Phi) is 6.03. The molecule has 0 unspecified atom stereocenters. The second-order valence-electron chi connectivity index (χ2n) is 7.09. The number of anilines is 2. The van der Waals surface area contributed by atoms with E-state index >= 15 is 0 Å². The first kappa shape index (κ1) is 20.9. The highest BCUT2D eigenvalue weighted by Crippen LogP contribution is 2.24. The Labute approximate surface area is 184 Å². The van der Waals surface area contributed by atoms with Crippen LogP contribution in [0.2, 0.25) is 0 Å². The minimum Gasteiger partial charge on any atom is -0.497 e. The number of hydrogen-bond donors (Lipinski definition) is 2. The third kappa shape index (κ3) is 4.86. The second kappa shape index (κ2) is 9.22. The van der Waals surface area contributed by atoms with E-state index in [0.29, 0.717) is 34.2 Å². The molecule has 2 N–H and O–H groups in total. The molecular weight excluding hydrogens is 408 g/mol. The van der Waals surface area contributed by atoms with E-state index in [4.69, 9.17) is 9.47 Å². The smallest absolute Gasteiger partial charge is 0.323 e. The molecule has 2 aromatic carbocycles. The van der Waals surface area contributed by atoms with E-state index in [1.165, 1.54) is 10.5 Å². The van der Waals surface area contributed by atoms with Crippen LogP contribution in [0, 0.1) is 6.92 Å². The number of nitrogens with zero attached hydrogens (tertiary/aromatic N) is 2. The molecule has 0 saturated heterocycles. The van der Waals surface area contributed by atoms with Crippen LogP contribution in [0.25, 0.3) is 5.65 Å². The van der Waals surface area contributed by atoms with Crippen LogP contribution in [0.15, 0.2) is 77.7 Å². The van der Waals surface area contributed by atoms with Crippen molar-refractivity contribution >= 4 is 23.1 Å². The number of nitrogens with one attached hydrogen (secondary N) is 2. The Morgan fingerprint density at radius 1 is 1.00 bits per heavy atom. The Bertz CT molecular complexity index is 1330. The van der Waals surface area contributed by atoms with Crippen molar-refractivity contribution in [1.29, 1.82) is 0 Å². The van der Waals surface area contributed by atoms with Crippen LogP contribution in [-0.2, 0) is 6.61 Å². The van der Waals surface area contributed by atoms with Gasteiger partial charge in [0.15, 0.2) is 0 Å². The van der Waals surface area contributed by atoms with Crippen molar-refractivity contribution in [3.8, 4) is 11.5 Å². The summed E-state index contributed by atoms with van der Waals surface area (Å²) >= 11 is 0. The molecule has 0 bridgehead atoms. The van der Waals surface area contributed by atoms with E-state index < -0.39 is 6.03 Å². The van der Waals surface area contributed by atoms with E-state index in [2.05, 4.69) is 15.6 Å². The Morgan fingerprint density at radius 2 is 1.81 bits per heavy atom. The van der Waals surface area contributed by atoms with Gasteiger partial charge in [0.25, 0.3) is 5.56 Å². The topological polar surface area (TPSA) is 94.0 Å². The molecule has 4 aromatic rings. The number of aromatic nitrogens is 2. The number of pyridine rings is 1. The van der Waals surface area contributed by atoms with Crippen molar-refractivity contribution in [2.45, 2.75) is 13.5 Å². The molecule has 2 amide bonds. The number of carbonyl (C=O) groups is 1. The van der Waals surface area contributed by atoms with Crippen molar-refractivity contribution in [2.75, 3.05) is 17.7 Å². The van der Waals surface area contributed by atoms with Crippen LogP contribution in [0.3, 0.4) is 0 Å². The summed E-state index contributed by atoms with van der Waals surface area (Å²) < 4.78 is 12.5. The zero-order valence-corrected chi connectivity index (χ0v) is 17.7. The summed E-state index contributed by atoms with van der Waals surface area (Å²) in [4.78, 5) is 29.1. The summed E-state index contributed by atoms with van der Waals surface area (Å²) in [5.41, 5.74) is 2.98. The van der Waals surface area contributed by atoms with Gasteiger partial charge in [0.05, 0.1) is 12.8 Å². The fourth-order valence-corrected chi connectivity index (χ4v) is 3.16. The van der Waals surface area contributed by atoms with Gasteiger partial charge in [0.2, 0.25) is 0 Å². The number of carbonyl (C=O) groups excluding carboxylic acids is 1. The van der Waals surface area contributed by atoms with Gasteiger partial charge in [-0.3, -0.25) is 9.20 Å². The number of ether oxygens (including phenoxy) is 2. The average molecular weight is 430 g/mol. The van der Waals surface area contributed by atoms with Crippen LogP contribution in [0.5, 0.6) is 11.5 Å². The molecule has 8 nitrogen and oxygen atoms in total. The third-order valence-electron chi connectivity index (χ3n) is 4.77. The first-order chi connectivity index (χ1) is 15.5. The predicted molar refractivity (Wildman–Crippen MR) is 123 cm³/mol. The van der Waals surface area contributed by atoms with Gasteiger partial charge in [-0.25, -0.2) is 9.78 Å². The number of hydrogen-bond acceptors (Lipinski definition) is 5. The summed E-state index contributed by atoms with van der Waals surface area (Å²) in [6.45, 7) is 2.03. The molecule has 4 rings (SSSR count). The van der Waals surface area contributed by atoms with E-state index in [1.54, 1.807) is 61.8 Å². The van der Waals surface area contributed by atoms with Gasteiger partial charge in [-0.15, -0.1) is 0 Å². The molecule has 32 heavy (non-hydrogen) atoms. The summed E-state index contributed by atoms with van der Waals surface area (Å²) in [5.74, 6) is 1.23. The molecule has 162 valence electrons. The third-order valence-corrected chi connectivity index (χ3v) is 4.77. The standard InChI is InChI=1S/C24H22N4O4/c1-16-9-10-18(27-24(30)26-17-6-5-7-20(12-17)31-2)13-21(16)32-15-19-14-23(29)28-11-4-3-8-22(28)25-19/h3-14H,15H2,1-2H3,(H2,26,27,30). The van der Waals surface area contributed by atoms with Crippen molar-refractivity contribution in [3.63, 3.8) is 0 Å². The van der Waals surface area contributed by atoms with Crippen LogP contribution >= 0.6 is 0 Å². The lowest BCUT2D eigenvalue weighted by molar-refractivity contribution is 0.262. The maximum absolute atomic E-state index is 12.4. The van der Waals surface area contributed by atoms with Crippen LogP contribution < -0.4 is 25.7 Å². The minimum absolute atomic E-state index is 0.126. The lowest BCUT2D eigenvalue weighted by atomic mass is 10.2. The first-order valence-corrected chi connectivity index (χ1v) is 9.95. The molecule has 0 saturated carbocycles. The summed E-state index contributed by atoms with van der Waals surface area (Å²) in [6.07, 6.45) is 1.67. The van der Waals surface area contributed by atoms with Gasteiger partial charge in [-0.05, 0) is 42.8 Å². The van der Waals surface area contributed by atoms with E-state index in [0.717, 1.165) is 5.56 Å². The molecule has 0 spiro atoms. The van der Waals surface area contributed by atoms with Crippen molar-refractivity contribution < 1.29 is 14.3 Å². The highest BCUT2D eigenvalue weighted by atomic mass is 16.5. The number of urea groups is 1. The van der Waals surface area contributed by atoms with Crippen molar-refractivity contribution in [1.82, 2.24) is 9.38 Å². The fourth-order valence-electron chi connectivity index (χ4n) is 3.16. The lowest BCUT2D eigenvalue weighted by Crippen LogP contribution is -2.19. The maximum Gasteiger partial charge on any atom is 0.323 e. The number of rotatable bonds is 6. The van der Waals surface area contributed by atoms with Crippen LogP contribution in [0.4, 0.5) is 16.2 Å². The molecule has 0 radical (unpaired) electrons. The largest absolute Gasteiger partial charge is 0.497 e. The SMILES string of the molecule is COc1cccc(NC(=O)Nc2ccc(C)c(OCc3cc(=O)n4ccccc4n3)c2)c1. The molecule has 2 heterocycles. The number of aryl methyl sites for hydroxylation is 1. The molecule has 0 aliphatic carbocycles. The molecule has 0 atom stereocenters. The predicted octanol–water partition coefficient (Wildman–Crippen LogP) is 4.23. The van der Waals surface area contributed by atoms with Gasteiger partial charge in [0, 0.05) is 35.8 Å². The Morgan fingerprint density at radius 3 is 2.62 bits per heavy atom. The molecule has 0 aliphatic heterocycles. The maximum atomic E-state index is 12.4. The number of benzene rings is 2. The molecule has 0 aliphatic rings. The lowest BCUT2D eigenvalue weighted by Gasteiger charge is -2.13. The van der Waals surface area contributed by atoms with Gasteiger partial charge < -0.3 is 20.1 Å². The highest BCUT2D eigenvalue weighted by Gasteiger charge is 2.08. The van der Waals surface area contributed by atoms with Crippen LogP contribution in [-0.4, -0.2) is 22.5 Å². The Hall–Kier alpha value is -4.33. The second-order valence-corrected chi connectivity index (χ2v) is 7.09. The molecular formula is C24H22N4O4. The van der Waals surface area contributed by atoms with Gasteiger partial charge >= 0.3 is 6.03 Å². The zero-order valence-electron chi connectivity index (χ0n) is 17.7. The molecule has 8 heteroatoms. The summed E-state index contributed by atoms with van der Waals surface area (Å²) in [7, 11) is 1.57. The van der Waals surface area contributed by atoms with Gasteiger partial charge in [0.1, 0.15) is 23.8 Å². The van der Waals surface area contributed by atoms with Crippen molar-refractivity contribution in [2.24, 2.45) is 0 Å². The fraction of sp³-hybridized carbons (Fsp3) is 0.125. The first-order valence-electron chi connectivity index (χ1n) is 9.95. The molecule has 2 aromatic heterocycles. The summed E-state index contributed by atoms with van der Waals surface area (Å²) in [5, 5.41) is 5.55. The average Bonchev–Trinajstić information content (AvgIpc) is 2.79. The van der Waals surface area contributed by atoms with Gasteiger partial charge in [-0.2, -0.15) is 0 Å². The van der Waals surface area contributed by atoms with E-state index in [1.807, 2.05) is 19.1 Å². The normalized spacial score (nSPS) is 10.6. The van der Waals surface area contributed by atoms with Crippen LogP contribution in [0.1, 0.15) is 11.3 Å². The van der Waals surface area contributed by atoms with E-state index in [9.17, 15) is 9.59 Å². The Balaban J connectivity index is 1.44. The highest BCUT2D eigenvalue weighted by molar-refractivity contribution is 6.00. The number of fused-ring (bicyclic) bond motifs is 1. The van der Waals surface area contributed by atoms with Crippen molar-refractivity contribution in [3.05, 3.63) is 94.5 Å². The quantitative estimate of drug-likeness (QED) is 0.477. The number of methoxy groups -OCH3 is 1. The summed E-state index contributed by atoms with van der Waals surface area (Å²) in [6, 6.07) is 18.9.